The lowest BCUT2D eigenvalue weighted by Crippen LogP contribution is -2.00. The van der Waals surface area contributed by atoms with Crippen LogP contribution in [0.15, 0.2) is 42.6 Å². The van der Waals surface area contributed by atoms with E-state index in [2.05, 4.69) is 4.98 Å². The molecule has 0 bridgehead atoms. The summed E-state index contributed by atoms with van der Waals surface area (Å²) in [5, 5.41) is 8.68. The molecule has 0 fully saturated rings. The number of aliphatic carboxylic acids is 1. The van der Waals surface area contributed by atoms with Crippen LogP contribution >= 0.6 is 0 Å². The number of rotatable bonds is 4. The van der Waals surface area contributed by atoms with Crippen LogP contribution in [0.5, 0.6) is 11.6 Å². The molecule has 0 aliphatic heterocycles. The molecule has 0 radical (unpaired) electrons. The third kappa shape index (κ3) is 3.04. The lowest BCUT2D eigenvalue weighted by atomic mass is 10.1. The van der Waals surface area contributed by atoms with Crippen molar-refractivity contribution >= 4 is 5.97 Å². The number of benzene rings is 1. The predicted octanol–water partition coefficient (Wildman–Crippen LogP) is 2.64. The van der Waals surface area contributed by atoms with E-state index in [1.165, 1.54) is 18.3 Å². The van der Waals surface area contributed by atoms with Gasteiger partial charge < -0.3 is 9.84 Å². The van der Waals surface area contributed by atoms with Gasteiger partial charge in [-0.25, -0.2) is 9.37 Å². The summed E-state index contributed by atoms with van der Waals surface area (Å²) in [6, 6.07) is 9.17. The Bertz CT molecular complexity index is 572. The van der Waals surface area contributed by atoms with Crippen molar-refractivity contribution in [2.75, 3.05) is 0 Å². The number of carboxylic acids is 1. The summed E-state index contributed by atoms with van der Waals surface area (Å²) < 4.78 is 18.6. The minimum absolute atomic E-state index is 0.109. The molecule has 1 aromatic carbocycles. The average Bonchev–Trinajstić information content (AvgIpc) is 2.32. The molecule has 0 unspecified atom stereocenters. The first-order valence-electron chi connectivity index (χ1n) is 5.24. The van der Waals surface area contributed by atoms with Crippen LogP contribution in [0.2, 0.25) is 0 Å². The van der Waals surface area contributed by atoms with Gasteiger partial charge in [-0.15, -0.1) is 0 Å². The van der Waals surface area contributed by atoms with E-state index in [-0.39, 0.29) is 12.3 Å². The first-order valence-corrected chi connectivity index (χ1v) is 5.24. The summed E-state index contributed by atoms with van der Waals surface area (Å²) in [6.45, 7) is 0. The minimum atomic E-state index is -0.934. The molecule has 18 heavy (non-hydrogen) atoms. The maximum Gasteiger partial charge on any atom is 0.307 e. The Morgan fingerprint density at radius 3 is 2.89 bits per heavy atom. The molecule has 92 valence electrons. The summed E-state index contributed by atoms with van der Waals surface area (Å²) in [7, 11) is 0. The van der Waals surface area contributed by atoms with Crippen LogP contribution in [0.25, 0.3) is 0 Å². The molecule has 0 spiro atoms. The third-order valence-corrected chi connectivity index (χ3v) is 2.19. The molecule has 0 aliphatic carbocycles. The fourth-order valence-corrected chi connectivity index (χ4v) is 1.45. The average molecular weight is 247 g/mol. The molecule has 4 nitrogen and oxygen atoms in total. The number of pyridine rings is 1. The van der Waals surface area contributed by atoms with Crippen molar-refractivity contribution in [3.63, 3.8) is 0 Å². The zero-order valence-electron chi connectivity index (χ0n) is 9.34. The monoisotopic (exact) mass is 247 g/mol. The van der Waals surface area contributed by atoms with E-state index in [1.807, 2.05) is 0 Å². The van der Waals surface area contributed by atoms with Crippen molar-refractivity contribution in [2.45, 2.75) is 6.42 Å². The van der Waals surface area contributed by atoms with E-state index in [0.717, 1.165) is 0 Å². The molecule has 1 N–H and O–H groups in total. The number of hydrogen-bond acceptors (Lipinski definition) is 3. The van der Waals surface area contributed by atoms with Crippen molar-refractivity contribution in [3.05, 3.63) is 54.0 Å². The number of carbonyl (C=O) groups is 1. The van der Waals surface area contributed by atoms with Crippen molar-refractivity contribution in [2.24, 2.45) is 0 Å². The normalized spacial score (nSPS) is 10.1. The second kappa shape index (κ2) is 5.27. The molecule has 5 heteroatoms. The standard InChI is InChI=1S/C13H10FNO3/c14-11-5-2-6-15-13(11)18-10-4-1-3-9(7-10)8-12(16)17/h1-7H,8H2,(H,16,17). The third-order valence-electron chi connectivity index (χ3n) is 2.19. The highest BCUT2D eigenvalue weighted by molar-refractivity contribution is 5.70. The Labute approximate surface area is 103 Å². The Kier molecular flexibility index (Phi) is 3.52. The lowest BCUT2D eigenvalue weighted by molar-refractivity contribution is -0.136. The van der Waals surface area contributed by atoms with Crippen molar-refractivity contribution in [1.82, 2.24) is 4.98 Å². The van der Waals surface area contributed by atoms with Crippen LogP contribution in [0.4, 0.5) is 4.39 Å². The van der Waals surface area contributed by atoms with Crippen LogP contribution in [0, 0.1) is 5.82 Å². The van der Waals surface area contributed by atoms with Crippen molar-refractivity contribution in [1.29, 1.82) is 0 Å². The zero-order valence-corrected chi connectivity index (χ0v) is 9.34. The van der Waals surface area contributed by atoms with Gasteiger partial charge in [0.25, 0.3) is 5.88 Å². The fraction of sp³-hybridized carbons (Fsp3) is 0.0769. The Hall–Kier alpha value is -2.43. The Balaban J connectivity index is 2.19. The molecule has 0 saturated heterocycles. The van der Waals surface area contributed by atoms with E-state index in [1.54, 1.807) is 24.3 Å². The van der Waals surface area contributed by atoms with Gasteiger partial charge in [-0.05, 0) is 29.8 Å². The number of hydrogen-bond donors (Lipinski definition) is 1. The molecule has 0 saturated carbocycles. The van der Waals surface area contributed by atoms with Crippen molar-refractivity contribution in [3.8, 4) is 11.6 Å². The van der Waals surface area contributed by atoms with Gasteiger partial charge in [0, 0.05) is 6.20 Å². The molecule has 1 heterocycles. The minimum Gasteiger partial charge on any atom is -0.481 e. The molecule has 0 aliphatic rings. The first kappa shape index (κ1) is 12.0. The van der Waals surface area contributed by atoms with Gasteiger partial charge in [0.2, 0.25) is 0 Å². The smallest absolute Gasteiger partial charge is 0.307 e. The molecule has 2 rings (SSSR count). The van der Waals surface area contributed by atoms with E-state index < -0.39 is 11.8 Å². The van der Waals surface area contributed by atoms with E-state index >= 15 is 0 Å². The molecule has 0 amide bonds. The first-order chi connectivity index (χ1) is 8.65. The Morgan fingerprint density at radius 2 is 2.17 bits per heavy atom. The Morgan fingerprint density at radius 1 is 1.33 bits per heavy atom. The number of halogens is 1. The number of nitrogens with zero attached hydrogens (tertiary/aromatic N) is 1. The molecular formula is C13H10FNO3. The quantitative estimate of drug-likeness (QED) is 0.902. The second-order valence-corrected chi connectivity index (χ2v) is 3.61. The summed E-state index contributed by atoms with van der Waals surface area (Å²) in [5.41, 5.74) is 0.580. The number of ether oxygens (including phenoxy) is 1. The molecule has 0 atom stereocenters. The highest BCUT2D eigenvalue weighted by Crippen LogP contribution is 2.22. The zero-order chi connectivity index (χ0) is 13.0. The summed E-state index contributed by atoms with van der Waals surface area (Å²) in [6.07, 6.45) is 1.31. The van der Waals surface area contributed by atoms with Crippen LogP contribution in [0.3, 0.4) is 0 Å². The summed E-state index contributed by atoms with van der Waals surface area (Å²) >= 11 is 0. The number of aromatic nitrogens is 1. The van der Waals surface area contributed by atoms with Gasteiger partial charge in [0.1, 0.15) is 5.75 Å². The number of carboxylic acid groups (broad SMARTS) is 1. The van der Waals surface area contributed by atoms with E-state index in [4.69, 9.17) is 9.84 Å². The SMILES string of the molecule is O=C(O)Cc1cccc(Oc2ncccc2F)c1. The van der Waals surface area contributed by atoms with Crippen LogP contribution in [-0.2, 0) is 11.2 Å². The van der Waals surface area contributed by atoms with Gasteiger partial charge in [-0.2, -0.15) is 0 Å². The van der Waals surface area contributed by atoms with Crippen LogP contribution in [0.1, 0.15) is 5.56 Å². The highest BCUT2D eigenvalue weighted by atomic mass is 19.1. The molecular weight excluding hydrogens is 237 g/mol. The fourth-order valence-electron chi connectivity index (χ4n) is 1.45. The van der Waals surface area contributed by atoms with Gasteiger partial charge in [0.15, 0.2) is 5.82 Å². The van der Waals surface area contributed by atoms with Gasteiger partial charge >= 0.3 is 5.97 Å². The summed E-state index contributed by atoms with van der Waals surface area (Å²) in [4.78, 5) is 14.3. The topological polar surface area (TPSA) is 59.4 Å². The maximum absolute atomic E-state index is 13.3. The van der Waals surface area contributed by atoms with Gasteiger partial charge in [-0.3, -0.25) is 4.79 Å². The van der Waals surface area contributed by atoms with E-state index in [0.29, 0.717) is 11.3 Å². The van der Waals surface area contributed by atoms with Crippen molar-refractivity contribution < 1.29 is 19.0 Å². The van der Waals surface area contributed by atoms with E-state index in [9.17, 15) is 9.18 Å². The molecule has 2 aromatic rings. The second-order valence-electron chi connectivity index (χ2n) is 3.61. The predicted molar refractivity (Wildman–Crippen MR) is 62.1 cm³/mol. The molecule has 1 aromatic heterocycles. The largest absolute Gasteiger partial charge is 0.481 e. The van der Waals surface area contributed by atoms with Crippen LogP contribution in [-0.4, -0.2) is 16.1 Å². The van der Waals surface area contributed by atoms with Gasteiger partial charge in [-0.1, -0.05) is 12.1 Å². The highest BCUT2D eigenvalue weighted by Gasteiger charge is 2.06. The lowest BCUT2D eigenvalue weighted by Gasteiger charge is -2.06. The maximum atomic E-state index is 13.3. The summed E-state index contributed by atoms with van der Waals surface area (Å²) in [5.74, 6) is -1.28. The van der Waals surface area contributed by atoms with Gasteiger partial charge in [0.05, 0.1) is 6.42 Å². The van der Waals surface area contributed by atoms with Crippen LogP contribution < -0.4 is 4.74 Å².